The van der Waals surface area contributed by atoms with Crippen LogP contribution in [0, 0.1) is 17.6 Å². The number of alkyl halides is 1. The van der Waals surface area contributed by atoms with Crippen LogP contribution < -0.4 is 25.3 Å². The topological polar surface area (TPSA) is 123 Å². The third-order valence-corrected chi connectivity index (χ3v) is 20.0. The monoisotopic (exact) mass is 935 g/mol. The molecule has 0 spiro atoms. The summed E-state index contributed by atoms with van der Waals surface area (Å²) < 4.78 is 85.9. The summed E-state index contributed by atoms with van der Waals surface area (Å²) in [6.45, 7) is 12.5. The van der Waals surface area contributed by atoms with E-state index in [9.17, 15) is 13.2 Å². The van der Waals surface area contributed by atoms with Crippen molar-refractivity contribution in [1.29, 1.82) is 0 Å². The number of aromatic amines is 1. The van der Waals surface area contributed by atoms with Crippen molar-refractivity contribution in [2.45, 2.75) is 50.9 Å². The number of anilines is 2. The number of fused-ring (bicyclic) bond motifs is 1. The highest BCUT2D eigenvalue weighted by Gasteiger charge is 2.54. The molecule has 2 aromatic heterocycles. The van der Waals surface area contributed by atoms with E-state index in [2.05, 4.69) is 41.9 Å². The number of nitrogens with zero attached hydrogens (tertiary/aromatic N) is 4. The van der Waals surface area contributed by atoms with Gasteiger partial charge in [0.15, 0.2) is 5.82 Å². The quantitative estimate of drug-likeness (QED) is 0.0828. The standard InChI is InChI=1S/C50H56F3N7O4SSi/c1-50(2,3)66(38-10-6-4-7-11-38,39-12-8-5-9-13-39)64-45-33-60(32-43(45)52)65(62,63)57-44-19-18-42(51)46(47(44)53)48(61)41-30-56-49-40(41)28-36(29-55-49)35-14-16-37(17-15-35)59-26-24-58(25-27-59)31-34-20-22-54-23-21-34/h4-19,28-30,34,43,45,54,57H,20-27,31-33H2,1-3H3,(H,55,56)/t43-,45-/m0/s1. The zero-order valence-electron chi connectivity index (χ0n) is 37.4. The van der Waals surface area contributed by atoms with Crippen molar-refractivity contribution in [1.82, 2.24) is 24.5 Å². The second-order valence-electron chi connectivity index (χ2n) is 18.7. The van der Waals surface area contributed by atoms with E-state index in [1.54, 1.807) is 12.3 Å². The third-order valence-electron chi connectivity index (χ3n) is 13.5. The third kappa shape index (κ3) is 9.06. The largest absolute Gasteiger partial charge is 0.400 e. The Hall–Kier alpha value is -5.36. The number of pyridine rings is 1. The normalized spacial score (nSPS) is 19.4. The van der Waals surface area contributed by atoms with Crippen LogP contribution in [-0.4, -0.2) is 113 Å². The number of H-pyrrole nitrogens is 1. The summed E-state index contributed by atoms with van der Waals surface area (Å²) in [6, 6.07) is 30.9. The van der Waals surface area contributed by atoms with Crippen molar-refractivity contribution in [2.24, 2.45) is 5.92 Å². The van der Waals surface area contributed by atoms with Gasteiger partial charge in [0.1, 0.15) is 17.6 Å². The lowest BCUT2D eigenvalue weighted by molar-refractivity contribution is 0.103. The van der Waals surface area contributed by atoms with Gasteiger partial charge in [-0.05, 0) is 83.2 Å². The molecule has 4 aromatic carbocycles. The lowest BCUT2D eigenvalue weighted by Crippen LogP contribution is -2.68. The maximum atomic E-state index is 16.4. The van der Waals surface area contributed by atoms with Crippen LogP contribution >= 0.6 is 0 Å². The molecule has 0 aliphatic carbocycles. The van der Waals surface area contributed by atoms with Crippen LogP contribution in [0.5, 0.6) is 0 Å². The Kier molecular flexibility index (Phi) is 13.0. The summed E-state index contributed by atoms with van der Waals surface area (Å²) in [4.78, 5) is 26.5. The van der Waals surface area contributed by atoms with Crippen LogP contribution in [-0.2, 0) is 14.6 Å². The number of hydrogen-bond acceptors (Lipinski definition) is 8. The van der Waals surface area contributed by atoms with Gasteiger partial charge in [-0.2, -0.15) is 12.7 Å². The summed E-state index contributed by atoms with van der Waals surface area (Å²) in [6.07, 6.45) is 2.60. The van der Waals surface area contributed by atoms with Gasteiger partial charge in [0.05, 0.1) is 17.4 Å². The molecule has 346 valence electrons. The molecule has 0 bridgehead atoms. The van der Waals surface area contributed by atoms with E-state index in [1.165, 1.54) is 19.0 Å². The van der Waals surface area contributed by atoms with E-state index in [4.69, 9.17) is 4.43 Å². The van der Waals surface area contributed by atoms with Crippen LogP contribution in [0.1, 0.15) is 49.5 Å². The average molecular weight is 936 g/mol. The highest BCUT2D eigenvalue weighted by molar-refractivity contribution is 7.90. The number of hydrogen-bond donors (Lipinski definition) is 3. The number of piperazine rings is 1. The molecule has 0 unspecified atom stereocenters. The highest BCUT2D eigenvalue weighted by Crippen LogP contribution is 2.39. The smallest absolute Gasteiger partial charge is 0.301 e. The lowest BCUT2D eigenvalue weighted by atomic mass is 9.97. The van der Waals surface area contributed by atoms with Crippen LogP contribution in [0.25, 0.3) is 22.2 Å². The Morgan fingerprint density at radius 1 is 0.864 bits per heavy atom. The number of nitrogens with one attached hydrogen (secondary N) is 3. The van der Waals surface area contributed by atoms with E-state index in [1.807, 2.05) is 93.6 Å². The SMILES string of the molecule is CC(C)(C)[Si](O[C@H]1CN(S(=O)(=O)Nc2ccc(F)c(C(=O)c3c[nH]c4ncc(-c5ccc(N6CCN(CC7CCNCC7)CC6)cc5)cc34)c2F)C[C@@H]1F)(c1ccccc1)c1ccccc1. The van der Waals surface area contributed by atoms with Gasteiger partial charge < -0.3 is 19.6 Å². The number of halogens is 3. The van der Waals surface area contributed by atoms with Gasteiger partial charge in [-0.3, -0.25) is 14.4 Å². The average Bonchev–Trinajstić information content (AvgIpc) is 3.93. The number of carbonyl (C=O) groups excluding carboxylic acids is 1. The first-order valence-corrected chi connectivity index (χ1v) is 26.1. The number of piperidine rings is 1. The number of rotatable bonds is 13. The molecule has 16 heteroatoms. The first-order chi connectivity index (χ1) is 31.7. The van der Waals surface area contributed by atoms with Gasteiger partial charge in [0.25, 0.3) is 8.32 Å². The Bertz CT molecular complexity index is 2740. The molecule has 6 aromatic rings. The molecule has 9 rings (SSSR count). The molecule has 3 saturated heterocycles. The van der Waals surface area contributed by atoms with Crippen LogP contribution in [0.3, 0.4) is 0 Å². The van der Waals surface area contributed by atoms with E-state index in [-0.39, 0.29) is 12.1 Å². The number of aromatic nitrogens is 2. The van der Waals surface area contributed by atoms with Crippen molar-refractivity contribution in [3.05, 3.63) is 138 Å². The number of carbonyl (C=O) groups is 1. The Morgan fingerprint density at radius 3 is 2.15 bits per heavy atom. The fraction of sp³-hybridized carbons (Fsp3) is 0.360. The fourth-order valence-corrected chi connectivity index (χ4v) is 15.9. The van der Waals surface area contributed by atoms with E-state index >= 15 is 13.2 Å². The lowest BCUT2D eigenvalue weighted by Gasteiger charge is -2.44. The van der Waals surface area contributed by atoms with Crippen LogP contribution in [0.15, 0.2) is 116 Å². The highest BCUT2D eigenvalue weighted by atomic mass is 32.2. The van der Waals surface area contributed by atoms with E-state index in [0.29, 0.717) is 16.6 Å². The first-order valence-electron chi connectivity index (χ1n) is 22.7. The van der Waals surface area contributed by atoms with Gasteiger partial charge in [-0.1, -0.05) is 93.6 Å². The second kappa shape index (κ2) is 18.7. The van der Waals surface area contributed by atoms with Crippen molar-refractivity contribution in [3.8, 4) is 11.1 Å². The van der Waals surface area contributed by atoms with E-state index in [0.717, 1.165) is 89.8 Å². The maximum absolute atomic E-state index is 16.4. The van der Waals surface area contributed by atoms with E-state index < -0.39 is 71.1 Å². The zero-order chi connectivity index (χ0) is 46.2. The zero-order valence-corrected chi connectivity index (χ0v) is 39.3. The summed E-state index contributed by atoms with van der Waals surface area (Å²) in [5.74, 6) is -2.82. The first kappa shape index (κ1) is 45.8. The molecule has 3 aliphatic heterocycles. The minimum absolute atomic E-state index is 0.0423. The second-order valence-corrected chi connectivity index (χ2v) is 24.6. The van der Waals surface area contributed by atoms with Gasteiger partial charge >= 0.3 is 10.2 Å². The molecule has 66 heavy (non-hydrogen) atoms. The molecular formula is C50H56F3N7O4SSi. The minimum Gasteiger partial charge on any atom is -0.400 e. The predicted octanol–water partition coefficient (Wildman–Crippen LogP) is 7.12. The van der Waals surface area contributed by atoms with Gasteiger partial charge in [0.2, 0.25) is 5.78 Å². The molecular weight excluding hydrogens is 880 g/mol. The van der Waals surface area contributed by atoms with Crippen LogP contribution in [0.2, 0.25) is 5.04 Å². The molecule has 0 radical (unpaired) electrons. The number of ketones is 1. The maximum Gasteiger partial charge on any atom is 0.301 e. The molecule has 3 aliphatic rings. The molecule has 3 N–H and O–H groups in total. The molecule has 5 heterocycles. The number of benzene rings is 4. The fourth-order valence-electron chi connectivity index (χ4n) is 9.94. The minimum atomic E-state index is -4.64. The molecule has 11 nitrogen and oxygen atoms in total. The predicted molar refractivity (Wildman–Crippen MR) is 257 cm³/mol. The summed E-state index contributed by atoms with van der Waals surface area (Å²) >= 11 is 0. The molecule has 3 fully saturated rings. The summed E-state index contributed by atoms with van der Waals surface area (Å²) in [5, 5.41) is 5.09. The Morgan fingerprint density at radius 2 is 1.52 bits per heavy atom. The summed E-state index contributed by atoms with van der Waals surface area (Å²) in [7, 11) is -7.91. The van der Waals surface area contributed by atoms with Crippen molar-refractivity contribution < 1.29 is 30.8 Å². The van der Waals surface area contributed by atoms with Gasteiger partial charge in [0, 0.05) is 80.4 Å². The van der Waals surface area contributed by atoms with Gasteiger partial charge in [-0.25, -0.2) is 18.2 Å². The van der Waals surface area contributed by atoms with Crippen molar-refractivity contribution in [3.63, 3.8) is 0 Å². The van der Waals surface area contributed by atoms with Crippen LogP contribution in [0.4, 0.5) is 24.5 Å². The Labute approximate surface area is 385 Å². The van der Waals surface area contributed by atoms with Crippen molar-refractivity contribution in [2.75, 3.05) is 68.5 Å². The molecule has 2 atom stereocenters. The van der Waals surface area contributed by atoms with Gasteiger partial charge in [-0.15, -0.1) is 0 Å². The Balaban J connectivity index is 0.907. The van der Waals surface area contributed by atoms with Crippen molar-refractivity contribution >= 4 is 57.1 Å². The molecule has 0 amide bonds. The molecule has 0 saturated carbocycles. The summed E-state index contributed by atoms with van der Waals surface area (Å²) in [5.41, 5.74) is 1.36.